The smallest absolute Gasteiger partial charge is 0.333 e. The number of halogens is 2. The standard InChI is InChI=1S/C10H16F2N4O3/c1-3-15-10(9(16(18)19)7(2)13-15)14(4-5-17)6-8(11)12/h8,17H,3-6H2,1-2H3. The molecule has 0 aromatic carbocycles. The van der Waals surface area contributed by atoms with Crippen molar-refractivity contribution in [3.63, 3.8) is 0 Å². The summed E-state index contributed by atoms with van der Waals surface area (Å²) >= 11 is 0. The summed E-state index contributed by atoms with van der Waals surface area (Å²) in [5, 5.41) is 23.9. The Morgan fingerprint density at radius 2 is 2.21 bits per heavy atom. The van der Waals surface area contributed by atoms with Crippen molar-refractivity contribution in [3.8, 4) is 0 Å². The van der Waals surface area contributed by atoms with Crippen LogP contribution < -0.4 is 4.90 Å². The Kier molecular flexibility index (Phi) is 5.16. The van der Waals surface area contributed by atoms with Crippen LogP contribution in [-0.4, -0.2) is 45.9 Å². The number of alkyl halides is 2. The van der Waals surface area contributed by atoms with Crippen LogP contribution in [0, 0.1) is 17.0 Å². The van der Waals surface area contributed by atoms with Crippen LogP contribution in [0.15, 0.2) is 0 Å². The molecule has 1 aromatic rings. The molecule has 0 aliphatic rings. The average molecular weight is 278 g/mol. The molecular formula is C10H16F2N4O3. The zero-order valence-corrected chi connectivity index (χ0v) is 10.7. The molecule has 1 heterocycles. The second kappa shape index (κ2) is 6.41. The second-order valence-corrected chi connectivity index (χ2v) is 3.89. The van der Waals surface area contributed by atoms with Crippen LogP contribution in [0.1, 0.15) is 12.6 Å². The first-order valence-corrected chi connectivity index (χ1v) is 5.78. The number of hydrogen-bond acceptors (Lipinski definition) is 5. The lowest BCUT2D eigenvalue weighted by molar-refractivity contribution is -0.384. The van der Waals surface area contributed by atoms with Crippen LogP contribution >= 0.6 is 0 Å². The van der Waals surface area contributed by atoms with E-state index in [9.17, 15) is 18.9 Å². The lowest BCUT2D eigenvalue weighted by Crippen LogP contribution is -2.33. The van der Waals surface area contributed by atoms with E-state index in [0.717, 1.165) is 4.90 Å². The number of anilines is 1. The first-order valence-electron chi connectivity index (χ1n) is 5.78. The molecule has 0 aliphatic heterocycles. The van der Waals surface area contributed by atoms with Gasteiger partial charge in [0.2, 0.25) is 5.82 Å². The Balaban J connectivity index is 3.29. The van der Waals surface area contributed by atoms with Crippen molar-refractivity contribution < 1.29 is 18.8 Å². The number of nitrogens with zero attached hydrogens (tertiary/aromatic N) is 4. The average Bonchev–Trinajstić information content (AvgIpc) is 2.64. The van der Waals surface area contributed by atoms with E-state index in [1.165, 1.54) is 11.6 Å². The predicted octanol–water partition coefficient (Wildman–Crippen LogP) is 1.18. The zero-order valence-electron chi connectivity index (χ0n) is 10.7. The molecule has 19 heavy (non-hydrogen) atoms. The fourth-order valence-electron chi connectivity index (χ4n) is 1.88. The van der Waals surface area contributed by atoms with Gasteiger partial charge in [0.15, 0.2) is 0 Å². The van der Waals surface area contributed by atoms with Crippen molar-refractivity contribution in [2.24, 2.45) is 0 Å². The van der Waals surface area contributed by atoms with Crippen LogP contribution in [-0.2, 0) is 6.54 Å². The predicted molar refractivity (Wildman–Crippen MR) is 64.6 cm³/mol. The topological polar surface area (TPSA) is 84.4 Å². The highest BCUT2D eigenvalue weighted by atomic mass is 19.3. The highest BCUT2D eigenvalue weighted by molar-refractivity contribution is 5.61. The monoisotopic (exact) mass is 278 g/mol. The highest BCUT2D eigenvalue weighted by Gasteiger charge is 2.30. The molecule has 1 aromatic heterocycles. The molecule has 0 saturated carbocycles. The van der Waals surface area contributed by atoms with E-state index < -0.39 is 17.9 Å². The van der Waals surface area contributed by atoms with Crippen LogP contribution in [0.25, 0.3) is 0 Å². The van der Waals surface area contributed by atoms with Crippen molar-refractivity contribution in [2.45, 2.75) is 26.8 Å². The van der Waals surface area contributed by atoms with E-state index in [-0.39, 0.29) is 30.4 Å². The molecule has 0 atom stereocenters. The Bertz CT molecular complexity index is 450. The molecule has 0 radical (unpaired) electrons. The first kappa shape index (κ1) is 15.3. The molecule has 9 heteroatoms. The van der Waals surface area contributed by atoms with Crippen molar-refractivity contribution in [1.29, 1.82) is 0 Å². The molecule has 1 N–H and O–H groups in total. The fraction of sp³-hybridized carbons (Fsp3) is 0.700. The van der Waals surface area contributed by atoms with E-state index in [1.807, 2.05) is 0 Å². The molecule has 0 spiro atoms. The fourth-order valence-corrected chi connectivity index (χ4v) is 1.88. The Morgan fingerprint density at radius 1 is 1.58 bits per heavy atom. The van der Waals surface area contributed by atoms with Gasteiger partial charge in [-0.1, -0.05) is 0 Å². The number of nitro groups is 1. The Labute approximate surface area is 108 Å². The highest BCUT2D eigenvalue weighted by Crippen LogP contribution is 2.31. The minimum absolute atomic E-state index is 0.0133. The molecular weight excluding hydrogens is 262 g/mol. The van der Waals surface area contributed by atoms with E-state index >= 15 is 0 Å². The molecule has 0 amide bonds. The van der Waals surface area contributed by atoms with Crippen molar-refractivity contribution in [3.05, 3.63) is 15.8 Å². The summed E-state index contributed by atoms with van der Waals surface area (Å²) in [5.74, 6) is 0.0133. The maximum atomic E-state index is 12.5. The van der Waals surface area contributed by atoms with Crippen LogP contribution in [0.3, 0.4) is 0 Å². The lowest BCUT2D eigenvalue weighted by Gasteiger charge is -2.22. The summed E-state index contributed by atoms with van der Waals surface area (Å²) in [6.45, 7) is 2.29. The minimum atomic E-state index is -2.66. The second-order valence-electron chi connectivity index (χ2n) is 3.89. The van der Waals surface area contributed by atoms with E-state index in [1.54, 1.807) is 6.92 Å². The summed E-state index contributed by atoms with van der Waals surface area (Å²) in [4.78, 5) is 11.5. The van der Waals surface area contributed by atoms with Crippen molar-refractivity contribution in [2.75, 3.05) is 24.6 Å². The van der Waals surface area contributed by atoms with Crippen LogP contribution in [0.2, 0.25) is 0 Å². The number of hydrogen-bond donors (Lipinski definition) is 1. The SMILES string of the molecule is CCn1nc(C)c([N+](=O)[O-])c1N(CCO)CC(F)F. The molecule has 0 saturated heterocycles. The van der Waals surface area contributed by atoms with Crippen molar-refractivity contribution >= 4 is 11.5 Å². The van der Waals surface area contributed by atoms with Crippen LogP contribution in [0.5, 0.6) is 0 Å². The van der Waals surface area contributed by atoms with Gasteiger partial charge in [0.25, 0.3) is 6.43 Å². The third-order valence-corrected chi connectivity index (χ3v) is 2.58. The van der Waals surface area contributed by atoms with Gasteiger partial charge in [-0.05, 0) is 13.8 Å². The lowest BCUT2D eigenvalue weighted by atomic mass is 10.3. The molecule has 1 rings (SSSR count). The number of aliphatic hydroxyl groups is 1. The van der Waals surface area contributed by atoms with Crippen molar-refractivity contribution in [1.82, 2.24) is 9.78 Å². The van der Waals surface area contributed by atoms with Gasteiger partial charge in [-0.15, -0.1) is 0 Å². The number of aryl methyl sites for hydroxylation is 2. The molecule has 7 nitrogen and oxygen atoms in total. The van der Waals surface area contributed by atoms with E-state index in [0.29, 0.717) is 6.54 Å². The zero-order chi connectivity index (χ0) is 14.6. The van der Waals surface area contributed by atoms with Gasteiger partial charge in [-0.3, -0.25) is 10.1 Å². The summed E-state index contributed by atoms with van der Waals surface area (Å²) in [7, 11) is 0. The molecule has 0 unspecified atom stereocenters. The van der Waals surface area contributed by atoms with Gasteiger partial charge in [0, 0.05) is 13.1 Å². The summed E-state index contributed by atoms with van der Waals surface area (Å²) in [6, 6.07) is 0. The maximum Gasteiger partial charge on any atom is 0.333 e. The number of rotatable bonds is 7. The summed E-state index contributed by atoms with van der Waals surface area (Å²) in [6.07, 6.45) is -2.66. The van der Waals surface area contributed by atoms with Gasteiger partial charge >= 0.3 is 5.69 Å². The molecule has 0 bridgehead atoms. The quantitative estimate of drug-likeness (QED) is 0.598. The first-order chi connectivity index (χ1) is 8.92. The number of aliphatic hydroxyl groups excluding tert-OH is 1. The van der Waals surface area contributed by atoms with E-state index in [2.05, 4.69) is 5.10 Å². The van der Waals surface area contributed by atoms with Gasteiger partial charge in [0.1, 0.15) is 5.69 Å². The Morgan fingerprint density at radius 3 is 2.63 bits per heavy atom. The third kappa shape index (κ3) is 3.37. The largest absolute Gasteiger partial charge is 0.395 e. The van der Waals surface area contributed by atoms with Crippen LogP contribution in [0.4, 0.5) is 20.3 Å². The van der Waals surface area contributed by atoms with Gasteiger partial charge < -0.3 is 10.0 Å². The van der Waals surface area contributed by atoms with Gasteiger partial charge in [-0.2, -0.15) is 5.10 Å². The molecule has 0 aliphatic carbocycles. The molecule has 108 valence electrons. The van der Waals surface area contributed by atoms with Gasteiger partial charge in [-0.25, -0.2) is 13.5 Å². The third-order valence-electron chi connectivity index (χ3n) is 2.58. The van der Waals surface area contributed by atoms with E-state index in [4.69, 9.17) is 5.11 Å². The number of aromatic nitrogens is 2. The summed E-state index contributed by atoms with van der Waals surface area (Å²) in [5.41, 5.74) is -0.130. The minimum Gasteiger partial charge on any atom is -0.395 e. The van der Waals surface area contributed by atoms with Gasteiger partial charge in [0.05, 0.1) is 18.1 Å². The molecule has 0 fully saturated rings. The summed E-state index contributed by atoms with van der Waals surface area (Å²) < 4.78 is 26.4. The Hall–Kier alpha value is -1.77. The normalized spacial score (nSPS) is 11.1. The maximum absolute atomic E-state index is 12.5.